The lowest BCUT2D eigenvalue weighted by Gasteiger charge is -2.29. The molecule has 2 N–H and O–H groups in total. The van der Waals surface area contributed by atoms with E-state index in [2.05, 4.69) is 46.1 Å². The summed E-state index contributed by atoms with van der Waals surface area (Å²) in [5.74, 6) is 1.73. The molecule has 2 atom stereocenters. The van der Waals surface area contributed by atoms with Gasteiger partial charge in [-0.25, -0.2) is 0 Å². The first-order chi connectivity index (χ1) is 13.2. The maximum Gasteiger partial charge on any atom is 0.225 e. The fraction of sp³-hybridized carbons (Fsp3) is 0.545. The number of nitrogens with zero attached hydrogens (tertiary/aromatic N) is 2. The van der Waals surface area contributed by atoms with E-state index in [0.29, 0.717) is 11.8 Å². The van der Waals surface area contributed by atoms with Gasteiger partial charge in [0, 0.05) is 38.8 Å². The number of carbonyl (C=O) groups is 1. The molecule has 1 aliphatic heterocycles. The molecule has 0 spiro atoms. The lowest BCUT2D eigenvalue weighted by molar-refractivity contribution is -0.125. The highest BCUT2D eigenvalue weighted by Gasteiger charge is 2.35. The van der Waals surface area contributed by atoms with Crippen LogP contribution in [0.4, 0.5) is 0 Å². The molecule has 1 saturated heterocycles. The van der Waals surface area contributed by atoms with Crippen molar-refractivity contribution in [2.75, 3.05) is 19.6 Å². The van der Waals surface area contributed by atoms with Crippen molar-refractivity contribution in [3.8, 4) is 0 Å². The van der Waals surface area contributed by atoms with Crippen molar-refractivity contribution < 1.29 is 4.79 Å². The highest BCUT2D eigenvalue weighted by atomic mass is 35.5. The van der Waals surface area contributed by atoms with E-state index in [-0.39, 0.29) is 30.2 Å². The Morgan fingerprint density at radius 2 is 1.89 bits per heavy atom. The van der Waals surface area contributed by atoms with Gasteiger partial charge in [0.05, 0.1) is 12.1 Å². The molecule has 0 unspecified atom stereocenters. The first-order valence-corrected chi connectivity index (χ1v) is 10.2. The number of carbonyl (C=O) groups excluding carboxylic acids is 1. The van der Waals surface area contributed by atoms with Crippen LogP contribution in [0, 0.1) is 11.8 Å². The van der Waals surface area contributed by atoms with Crippen molar-refractivity contribution in [2.24, 2.45) is 18.9 Å². The number of aryl methyl sites for hydroxylation is 1. The maximum atomic E-state index is 12.8. The van der Waals surface area contributed by atoms with Crippen LogP contribution < -0.4 is 10.6 Å². The van der Waals surface area contributed by atoms with Gasteiger partial charge in [-0.1, -0.05) is 30.3 Å². The molecule has 152 valence electrons. The first kappa shape index (κ1) is 20.9. The Morgan fingerprint density at radius 3 is 2.57 bits per heavy atom. The normalized spacial score (nSPS) is 27.2. The van der Waals surface area contributed by atoms with Crippen molar-refractivity contribution >= 4 is 18.3 Å². The Morgan fingerprint density at radius 1 is 1.14 bits per heavy atom. The lowest BCUT2D eigenvalue weighted by Crippen LogP contribution is -2.37. The molecule has 1 amide bonds. The Hall–Kier alpha value is -1.85. The summed E-state index contributed by atoms with van der Waals surface area (Å²) in [6.07, 6.45) is 8.79. The first-order valence-electron chi connectivity index (χ1n) is 10.2. The largest absolute Gasteiger partial charge is 0.356 e. The number of hydrogen-bond acceptors (Lipinski definition) is 3. The van der Waals surface area contributed by atoms with E-state index in [1.165, 1.54) is 31.2 Å². The molecular formula is C22H31ClN4O. The minimum Gasteiger partial charge on any atom is -0.356 e. The second kappa shape index (κ2) is 9.57. The van der Waals surface area contributed by atoms with Gasteiger partial charge in [0.1, 0.15) is 0 Å². The third-order valence-electron chi connectivity index (χ3n) is 6.39. The summed E-state index contributed by atoms with van der Waals surface area (Å²) in [7, 11) is 1.92. The summed E-state index contributed by atoms with van der Waals surface area (Å²) >= 11 is 0. The van der Waals surface area contributed by atoms with Crippen LogP contribution in [-0.4, -0.2) is 35.3 Å². The van der Waals surface area contributed by atoms with Gasteiger partial charge in [0.2, 0.25) is 5.91 Å². The zero-order valence-corrected chi connectivity index (χ0v) is 17.3. The Kier molecular flexibility index (Phi) is 7.13. The number of aromatic nitrogens is 2. The lowest BCUT2D eigenvalue weighted by atomic mass is 9.78. The molecule has 0 bridgehead atoms. The number of rotatable bonds is 5. The number of nitrogens with one attached hydrogen (secondary N) is 2. The molecule has 2 aromatic rings. The second-order valence-electron chi connectivity index (χ2n) is 8.19. The number of halogens is 1. The average Bonchev–Trinajstić information content (AvgIpc) is 3.36. The third kappa shape index (κ3) is 4.76. The van der Waals surface area contributed by atoms with Crippen LogP contribution in [0.1, 0.15) is 48.6 Å². The van der Waals surface area contributed by atoms with Gasteiger partial charge in [-0.2, -0.15) is 5.10 Å². The van der Waals surface area contributed by atoms with Crippen molar-refractivity contribution in [1.82, 2.24) is 20.4 Å². The SMILES string of the molecule is Cl.Cn1cc([C@H]2CNC[C@@H]2C(=O)NCC2CCC(c3ccccc3)CC2)cn1. The molecule has 2 aliphatic rings. The minimum atomic E-state index is 0. The van der Waals surface area contributed by atoms with Gasteiger partial charge in [0.15, 0.2) is 0 Å². The van der Waals surface area contributed by atoms with Gasteiger partial charge in [0.25, 0.3) is 0 Å². The monoisotopic (exact) mass is 402 g/mol. The summed E-state index contributed by atoms with van der Waals surface area (Å²) in [5.41, 5.74) is 2.63. The molecule has 6 heteroatoms. The molecule has 2 fully saturated rings. The van der Waals surface area contributed by atoms with Crippen molar-refractivity contribution in [1.29, 1.82) is 0 Å². The number of hydrogen-bond donors (Lipinski definition) is 2. The zero-order chi connectivity index (χ0) is 18.6. The number of amides is 1. The topological polar surface area (TPSA) is 59.0 Å². The van der Waals surface area contributed by atoms with Crippen LogP contribution in [0.2, 0.25) is 0 Å². The molecule has 2 heterocycles. The molecule has 28 heavy (non-hydrogen) atoms. The fourth-order valence-corrected chi connectivity index (χ4v) is 4.74. The van der Waals surface area contributed by atoms with Gasteiger partial charge in [-0.15, -0.1) is 12.4 Å². The van der Waals surface area contributed by atoms with E-state index in [0.717, 1.165) is 25.2 Å². The van der Waals surface area contributed by atoms with Crippen LogP contribution in [0.25, 0.3) is 0 Å². The van der Waals surface area contributed by atoms with E-state index in [1.807, 2.05) is 24.1 Å². The molecule has 0 radical (unpaired) electrons. The van der Waals surface area contributed by atoms with Gasteiger partial charge < -0.3 is 10.6 Å². The zero-order valence-electron chi connectivity index (χ0n) is 16.5. The van der Waals surface area contributed by atoms with Gasteiger partial charge >= 0.3 is 0 Å². The molecule has 4 rings (SSSR count). The molecule has 1 aliphatic carbocycles. The van der Waals surface area contributed by atoms with Crippen molar-refractivity contribution in [3.63, 3.8) is 0 Å². The van der Waals surface area contributed by atoms with E-state index in [9.17, 15) is 4.79 Å². The molecule has 5 nitrogen and oxygen atoms in total. The van der Waals surface area contributed by atoms with Crippen LogP contribution in [0.15, 0.2) is 42.7 Å². The summed E-state index contributed by atoms with van der Waals surface area (Å²) in [4.78, 5) is 12.8. The van der Waals surface area contributed by atoms with E-state index in [1.54, 1.807) is 0 Å². The molecule has 1 saturated carbocycles. The van der Waals surface area contributed by atoms with E-state index < -0.39 is 0 Å². The number of benzene rings is 1. The third-order valence-corrected chi connectivity index (χ3v) is 6.39. The maximum absolute atomic E-state index is 12.8. The second-order valence-corrected chi connectivity index (χ2v) is 8.19. The highest BCUT2D eigenvalue weighted by Crippen LogP contribution is 2.35. The summed E-state index contributed by atoms with van der Waals surface area (Å²) in [6, 6.07) is 10.9. The molecular weight excluding hydrogens is 372 g/mol. The standard InChI is InChI=1S/C22H30N4O.ClH/c1-26-15-19(12-25-26)20-13-23-14-21(20)22(27)24-11-16-7-9-18(10-8-16)17-5-3-2-4-6-17;/h2-6,12,15-16,18,20-21,23H,7-11,13-14H2,1H3,(H,24,27);1H/t16?,18?,20-,21+;/m1./s1. The van der Waals surface area contributed by atoms with Crippen LogP contribution in [0.5, 0.6) is 0 Å². The predicted octanol–water partition coefficient (Wildman–Crippen LogP) is 3.24. The summed E-state index contributed by atoms with van der Waals surface area (Å²) < 4.78 is 1.81. The predicted molar refractivity (Wildman–Crippen MR) is 114 cm³/mol. The Bertz CT molecular complexity index is 755. The van der Waals surface area contributed by atoms with Crippen LogP contribution in [0.3, 0.4) is 0 Å². The smallest absolute Gasteiger partial charge is 0.225 e. The molecule has 1 aromatic heterocycles. The minimum absolute atomic E-state index is 0. The Balaban J connectivity index is 0.00000225. The van der Waals surface area contributed by atoms with Crippen molar-refractivity contribution in [2.45, 2.75) is 37.5 Å². The highest BCUT2D eigenvalue weighted by molar-refractivity contribution is 5.85. The van der Waals surface area contributed by atoms with Crippen molar-refractivity contribution in [3.05, 3.63) is 53.9 Å². The van der Waals surface area contributed by atoms with Gasteiger partial charge in [-0.3, -0.25) is 9.48 Å². The molecule has 1 aromatic carbocycles. The fourth-order valence-electron chi connectivity index (χ4n) is 4.74. The quantitative estimate of drug-likeness (QED) is 0.807. The van der Waals surface area contributed by atoms with E-state index >= 15 is 0 Å². The summed E-state index contributed by atoms with van der Waals surface area (Å²) in [6.45, 7) is 2.43. The van der Waals surface area contributed by atoms with Crippen LogP contribution in [-0.2, 0) is 11.8 Å². The van der Waals surface area contributed by atoms with Gasteiger partial charge in [-0.05, 0) is 48.6 Å². The average molecular weight is 403 g/mol. The Labute approximate surface area is 173 Å². The van der Waals surface area contributed by atoms with E-state index in [4.69, 9.17) is 0 Å². The van der Waals surface area contributed by atoms with Crippen LogP contribution >= 0.6 is 12.4 Å². The summed E-state index contributed by atoms with van der Waals surface area (Å²) in [5, 5.41) is 10.9.